The molecule has 16 heavy (non-hydrogen) atoms. The van der Waals surface area contributed by atoms with Crippen molar-refractivity contribution in [3.8, 4) is 5.75 Å². The number of esters is 1. The van der Waals surface area contributed by atoms with Crippen LogP contribution in [0.4, 0.5) is 0 Å². The number of benzene rings is 1. The van der Waals surface area contributed by atoms with Crippen molar-refractivity contribution in [3.05, 3.63) is 29.8 Å². The number of carbonyl (C=O) groups is 1. The van der Waals surface area contributed by atoms with Crippen molar-refractivity contribution in [2.24, 2.45) is 5.41 Å². The molecule has 1 aromatic carbocycles. The summed E-state index contributed by atoms with van der Waals surface area (Å²) in [5, 5.41) is 0. The molecule has 1 aliphatic carbocycles. The van der Waals surface area contributed by atoms with Gasteiger partial charge in [0, 0.05) is 11.0 Å². The summed E-state index contributed by atoms with van der Waals surface area (Å²) < 4.78 is 5.48. The average molecular weight is 216 g/mol. The molecule has 0 spiro atoms. The van der Waals surface area contributed by atoms with Gasteiger partial charge in [0.1, 0.15) is 5.75 Å². The Labute approximate surface area is 95.6 Å². The molecule has 0 unspecified atom stereocenters. The molecule has 1 aromatic rings. The lowest BCUT2D eigenvalue weighted by Crippen LogP contribution is -2.48. The van der Waals surface area contributed by atoms with E-state index in [0.29, 0.717) is 0 Å². The Morgan fingerprint density at radius 3 is 2.62 bits per heavy atom. The van der Waals surface area contributed by atoms with Crippen LogP contribution in [0.25, 0.3) is 0 Å². The molecule has 2 aliphatic rings. The molecule has 1 saturated carbocycles. The third-order valence-electron chi connectivity index (χ3n) is 4.71. The number of ether oxygens (including phenoxy) is 1. The van der Waals surface area contributed by atoms with E-state index in [1.165, 1.54) is 5.56 Å². The summed E-state index contributed by atoms with van der Waals surface area (Å²) in [5.41, 5.74) is 0.829. The zero-order valence-electron chi connectivity index (χ0n) is 9.75. The first-order valence-corrected chi connectivity index (χ1v) is 5.90. The molecule has 0 bridgehead atoms. The van der Waals surface area contributed by atoms with Gasteiger partial charge in [0.2, 0.25) is 0 Å². The Morgan fingerprint density at radius 2 is 1.81 bits per heavy atom. The Hall–Kier alpha value is -1.31. The first-order chi connectivity index (χ1) is 7.58. The van der Waals surface area contributed by atoms with E-state index in [9.17, 15) is 4.79 Å². The second kappa shape index (κ2) is 2.88. The first-order valence-electron chi connectivity index (χ1n) is 5.90. The van der Waals surface area contributed by atoms with Gasteiger partial charge in [0.15, 0.2) is 0 Å². The Morgan fingerprint density at radius 1 is 1.12 bits per heavy atom. The van der Waals surface area contributed by atoms with E-state index < -0.39 is 0 Å². The molecule has 2 atom stereocenters. The van der Waals surface area contributed by atoms with E-state index >= 15 is 0 Å². The number of carbonyl (C=O) groups excluding carboxylic acids is 1. The van der Waals surface area contributed by atoms with Crippen molar-refractivity contribution in [1.82, 2.24) is 0 Å². The number of hydrogen-bond donors (Lipinski definition) is 0. The van der Waals surface area contributed by atoms with E-state index in [1.54, 1.807) is 0 Å². The molecule has 0 radical (unpaired) electrons. The monoisotopic (exact) mass is 216 g/mol. The topological polar surface area (TPSA) is 26.3 Å². The number of rotatable bonds is 0. The fourth-order valence-electron chi connectivity index (χ4n) is 3.33. The molecule has 3 rings (SSSR count). The van der Waals surface area contributed by atoms with Crippen molar-refractivity contribution >= 4 is 5.97 Å². The van der Waals surface area contributed by atoms with Crippen LogP contribution in [-0.4, -0.2) is 5.97 Å². The number of para-hydroxylation sites is 1. The van der Waals surface area contributed by atoms with E-state index in [1.807, 2.05) is 18.2 Å². The lowest BCUT2D eigenvalue weighted by Gasteiger charge is -2.43. The third-order valence-corrected chi connectivity index (χ3v) is 4.71. The lowest BCUT2D eigenvalue weighted by atomic mass is 9.63. The molecule has 0 saturated heterocycles. The van der Waals surface area contributed by atoms with Gasteiger partial charge in [0.25, 0.3) is 0 Å². The molecule has 1 aliphatic heterocycles. The second-order valence-electron chi connectivity index (χ2n) is 5.40. The minimum atomic E-state index is -0.332. The maximum absolute atomic E-state index is 12.1. The molecule has 2 heteroatoms. The van der Waals surface area contributed by atoms with Crippen LogP contribution in [-0.2, 0) is 10.2 Å². The van der Waals surface area contributed by atoms with E-state index in [0.717, 1.165) is 25.0 Å². The highest BCUT2D eigenvalue weighted by Gasteiger charge is 2.58. The summed E-state index contributed by atoms with van der Waals surface area (Å²) in [7, 11) is 0. The lowest BCUT2D eigenvalue weighted by molar-refractivity contribution is -0.150. The summed E-state index contributed by atoms with van der Waals surface area (Å²) in [4.78, 5) is 12.1. The van der Waals surface area contributed by atoms with Gasteiger partial charge >= 0.3 is 5.97 Å². The largest absolute Gasteiger partial charge is 0.426 e. The van der Waals surface area contributed by atoms with E-state index in [2.05, 4.69) is 19.9 Å². The highest BCUT2D eigenvalue weighted by molar-refractivity contribution is 5.84. The van der Waals surface area contributed by atoms with Crippen LogP contribution in [0.2, 0.25) is 0 Å². The fraction of sp³-hybridized carbons (Fsp3) is 0.500. The highest BCUT2D eigenvalue weighted by Crippen LogP contribution is 2.58. The highest BCUT2D eigenvalue weighted by atomic mass is 16.5. The van der Waals surface area contributed by atoms with Crippen molar-refractivity contribution in [3.63, 3.8) is 0 Å². The van der Waals surface area contributed by atoms with Gasteiger partial charge < -0.3 is 4.74 Å². The minimum Gasteiger partial charge on any atom is -0.426 e. The molecular weight excluding hydrogens is 200 g/mol. The predicted molar refractivity (Wildman–Crippen MR) is 61.4 cm³/mol. The van der Waals surface area contributed by atoms with Crippen molar-refractivity contribution in [1.29, 1.82) is 0 Å². The van der Waals surface area contributed by atoms with Crippen LogP contribution in [0.1, 0.15) is 38.7 Å². The molecule has 0 amide bonds. The summed E-state index contributed by atoms with van der Waals surface area (Å²) in [6.07, 6.45) is 3.13. The summed E-state index contributed by atoms with van der Waals surface area (Å²) in [6, 6.07) is 7.96. The van der Waals surface area contributed by atoms with Crippen LogP contribution in [0.15, 0.2) is 24.3 Å². The predicted octanol–water partition coefficient (Wildman–Crippen LogP) is 3.05. The van der Waals surface area contributed by atoms with Gasteiger partial charge in [0.05, 0.1) is 5.41 Å². The smallest absolute Gasteiger partial charge is 0.318 e. The maximum atomic E-state index is 12.1. The number of fused-ring (bicyclic) bond motifs is 3. The zero-order valence-corrected chi connectivity index (χ0v) is 9.75. The molecule has 84 valence electrons. The van der Waals surface area contributed by atoms with Crippen LogP contribution in [0, 0.1) is 5.41 Å². The molecule has 0 aromatic heterocycles. The molecular formula is C14H16O2. The van der Waals surface area contributed by atoms with Gasteiger partial charge in [-0.1, -0.05) is 31.5 Å². The maximum Gasteiger partial charge on any atom is 0.318 e. The van der Waals surface area contributed by atoms with E-state index in [4.69, 9.17) is 4.74 Å². The minimum absolute atomic E-state index is 0.0427. The molecule has 2 nitrogen and oxygen atoms in total. The summed E-state index contributed by atoms with van der Waals surface area (Å²) in [5.74, 6) is 0.709. The standard InChI is InChI=1S/C14H16O2/c1-13-8-5-9-14(13,2)12(15)16-11-7-4-3-6-10(11)13/h3-4,6-7H,5,8-9H2,1-2H3/t13-,14-/m1/s1. The SMILES string of the molecule is C[C@]12CCC[C@]1(C)c1ccccc1OC2=O. The van der Waals surface area contributed by atoms with E-state index in [-0.39, 0.29) is 16.8 Å². The van der Waals surface area contributed by atoms with Gasteiger partial charge in [-0.25, -0.2) is 0 Å². The fourth-order valence-corrected chi connectivity index (χ4v) is 3.33. The third kappa shape index (κ3) is 0.952. The molecule has 1 fully saturated rings. The van der Waals surface area contributed by atoms with Crippen LogP contribution < -0.4 is 4.74 Å². The van der Waals surface area contributed by atoms with Crippen LogP contribution in [0.5, 0.6) is 5.75 Å². The second-order valence-corrected chi connectivity index (χ2v) is 5.40. The molecule has 0 N–H and O–H groups in total. The average Bonchev–Trinajstić information content (AvgIpc) is 2.58. The first kappa shape index (κ1) is 9.88. The zero-order chi connectivity index (χ0) is 11.4. The summed E-state index contributed by atoms with van der Waals surface area (Å²) in [6.45, 7) is 4.26. The Balaban J connectivity index is 2.26. The summed E-state index contributed by atoms with van der Waals surface area (Å²) >= 11 is 0. The van der Waals surface area contributed by atoms with Crippen molar-refractivity contribution < 1.29 is 9.53 Å². The Kier molecular flexibility index (Phi) is 1.78. The number of hydrogen-bond acceptors (Lipinski definition) is 2. The van der Waals surface area contributed by atoms with Crippen molar-refractivity contribution in [2.45, 2.75) is 38.5 Å². The quantitative estimate of drug-likeness (QED) is 0.492. The van der Waals surface area contributed by atoms with Crippen molar-refractivity contribution in [2.75, 3.05) is 0 Å². The molecule has 1 heterocycles. The van der Waals surface area contributed by atoms with Gasteiger partial charge in [-0.3, -0.25) is 4.79 Å². The van der Waals surface area contributed by atoms with Crippen LogP contribution in [0.3, 0.4) is 0 Å². The van der Waals surface area contributed by atoms with Gasteiger partial charge in [-0.2, -0.15) is 0 Å². The van der Waals surface area contributed by atoms with Gasteiger partial charge in [-0.15, -0.1) is 0 Å². The van der Waals surface area contributed by atoms with Crippen LogP contribution >= 0.6 is 0 Å². The Bertz CT molecular complexity index is 466. The normalized spacial score (nSPS) is 36.5. The van der Waals surface area contributed by atoms with Gasteiger partial charge in [-0.05, 0) is 25.8 Å².